The molecule has 1 aliphatic heterocycles. The molecule has 0 radical (unpaired) electrons. The summed E-state index contributed by atoms with van der Waals surface area (Å²) in [6, 6.07) is 0.187. The molecule has 0 unspecified atom stereocenters. The van der Waals surface area contributed by atoms with Crippen LogP contribution < -0.4 is 5.32 Å². The van der Waals surface area contributed by atoms with Crippen LogP contribution in [0.25, 0.3) is 0 Å². The van der Waals surface area contributed by atoms with Crippen LogP contribution in [-0.2, 0) is 9.22 Å². The summed E-state index contributed by atoms with van der Waals surface area (Å²) >= 11 is 0. The minimum absolute atomic E-state index is 0.0495. The third kappa shape index (κ3) is 3.35. The van der Waals surface area contributed by atoms with Crippen LogP contribution in [0, 0.1) is 5.41 Å². The van der Waals surface area contributed by atoms with E-state index < -0.39 is 8.32 Å². The molecule has 2 atom stereocenters. The van der Waals surface area contributed by atoms with Crippen LogP contribution >= 0.6 is 0 Å². The number of carbonyl (C=O) groups is 1. The summed E-state index contributed by atoms with van der Waals surface area (Å²) in [7, 11) is -1.80. The Morgan fingerprint density at radius 2 is 1.67 bits per heavy atom. The second-order valence-electron chi connectivity index (χ2n) is 8.04. The molecule has 3 nitrogen and oxygen atoms in total. The topological polar surface area (TPSA) is 38.3 Å². The van der Waals surface area contributed by atoms with Crippen molar-refractivity contribution in [3.63, 3.8) is 0 Å². The molecule has 0 saturated carbocycles. The highest BCUT2D eigenvalue weighted by molar-refractivity contribution is 6.74. The van der Waals surface area contributed by atoms with Crippen molar-refractivity contribution in [2.45, 2.75) is 78.2 Å². The molecular weight excluding hydrogens is 242 g/mol. The molecule has 0 bridgehead atoms. The molecule has 4 heteroatoms. The van der Waals surface area contributed by atoms with E-state index in [1.807, 2.05) is 0 Å². The number of hydrogen-bond donors (Lipinski definition) is 1. The van der Waals surface area contributed by atoms with Crippen molar-refractivity contribution in [2.24, 2.45) is 5.41 Å². The van der Waals surface area contributed by atoms with Gasteiger partial charge in [-0.15, -0.1) is 0 Å². The van der Waals surface area contributed by atoms with E-state index in [4.69, 9.17) is 4.43 Å². The quantitative estimate of drug-likeness (QED) is 0.632. The zero-order valence-electron chi connectivity index (χ0n) is 13.2. The molecule has 1 rings (SSSR count). The highest BCUT2D eigenvalue weighted by Gasteiger charge is 2.46. The van der Waals surface area contributed by atoms with E-state index in [0.717, 1.165) is 0 Å². The maximum absolute atomic E-state index is 11.1. The van der Waals surface area contributed by atoms with Gasteiger partial charge in [0.25, 0.3) is 0 Å². The van der Waals surface area contributed by atoms with Crippen LogP contribution in [0.2, 0.25) is 18.1 Å². The molecule has 1 amide bonds. The first kappa shape index (κ1) is 15.7. The van der Waals surface area contributed by atoms with E-state index in [1.54, 1.807) is 0 Å². The fourth-order valence-corrected chi connectivity index (χ4v) is 3.43. The molecule has 0 aromatic heterocycles. The lowest BCUT2D eigenvalue weighted by Gasteiger charge is -2.48. The standard InChI is InChI=1S/C14H29NO2Si/c1-13(2,3)12(10-9-11(16)15-10)17-18(7,8)14(4,5)6/h10,12H,9H2,1-8H3,(H,15,16)/t10-,12+/m0/s1. The molecular formula is C14H29NO2Si. The van der Waals surface area contributed by atoms with Crippen LogP contribution in [0.1, 0.15) is 48.0 Å². The third-order valence-corrected chi connectivity index (χ3v) is 8.65. The van der Waals surface area contributed by atoms with Crippen LogP contribution in [0.3, 0.4) is 0 Å². The van der Waals surface area contributed by atoms with Crippen LogP contribution in [0.4, 0.5) is 0 Å². The number of β-lactam (4-membered cyclic amide) rings is 1. The largest absolute Gasteiger partial charge is 0.411 e. The van der Waals surface area contributed by atoms with Gasteiger partial charge in [0, 0.05) is 6.42 Å². The SMILES string of the molecule is CC(C)(C)[C@H](O[Si](C)(C)C(C)(C)C)[C@@H]1CC(=O)N1. The maximum atomic E-state index is 11.1. The summed E-state index contributed by atoms with van der Waals surface area (Å²) in [6.07, 6.45) is 0.715. The van der Waals surface area contributed by atoms with Gasteiger partial charge in [-0.3, -0.25) is 4.79 Å². The smallest absolute Gasteiger partial charge is 0.222 e. The molecule has 0 aliphatic carbocycles. The Morgan fingerprint density at radius 3 is 1.94 bits per heavy atom. The van der Waals surface area contributed by atoms with Gasteiger partial charge in [-0.1, -0.05) is 41.5 Å². The molecule has 18 heavy (non-hydrogen) atoms. The van der Waals surface area contributed by atoms with Crippen molar-refractivity contribution < 1.29 is 9.22 Å². The number of carbonyl (C=O) groups excluding carboxylic acids is 1. The third-order valence-electron chi connectivity index (χ3n) is 4.20. The summed E-state index contributed by atoms with van der Waals surface area (Å²) in [5, 5.41) is 3.18. The van der Waals surface area contributed by atoms with Gasteiger partial charge in [0.15, 0.2) is 8.32 Å². The van der Waals surface area contributed by atoms with Crippen LogP contribution in [-0.4, -0.2) is 26.4 Å². The van der Waals surface area contributed by atoms with Gasteiger partial charge >= 0.3 is 0 Å². The van der Waals surface area contributed by atoms with Crippen molar-refractivity contribution in [3.8, 4) is 0 Å². The molecule has 1 N–H and O–H groups in total. The predicted molar refractivity (Wildman–Crippen MR) is 78.1 cm³/mol. The summed E-state index contributed by atoms with van der Waals surface area (Å²) in [5.74, 6) is 0.146. The summed E-state index contributed by atoms with van der Waals surface area (Å²) < 4.78 is 6.54. The van der Waals surface area contributed by atoms with E-state index in [9.17, 15) is 4.79 Å². The molecule has 106 valence electrons. The van der Waals surface area contributed by atoms with Crippen molar-refractivity contribution in [2.75, 3.05) is 0 Å². The lowest BCUT2D eigenvalue weighted by Crippen LogP contribution is -2.62. The van der Waals surface area contributed by atoms with E-state index in [1.165, 1.54) is 0 Å². The number of amides is 1. The fraction of sp³-hybridized carbons (Fsp3) is 0.929. The van der Waals surface area contributed by atoms with Gasteiger partial charge in [-0.05, 0) is 23.5 Å². The Labute approximate surface area is 113 Å². The molecule has 1 saturated heterocycles. The molecule has 0 aromatic carbocycles. The van der Waals surface area contributed by atoms with Crippen LogP contribution in [0.5, 0.6) is 0 Å². The van der Waals surface area contributed by atoms with Gasteiger partial charge in [-0.25, -0.2) is 0 Å². The van der Waals surface area contributed by atoms with Gasteiger partial charge in [-0.2, -0.15) is 0 Å². The average Bonchev–Trinajstić information content (AvgIpc) is 2.05. The Morgan fingerprint density at radius 1 is 1.22 bits per heavy atom. The molecule has 1 heterocycles. The van der Waals surface area contributed by atoms with Gasteiger partial charge in [0.1, 0.15) is 0 Å². The lowest BCUT2D eigenvalue weighted by molar-refractivity contribution is -0.132. The molecule has 0 spiro atoms. The van der Waals surface area contributed by atoms with Crippen LogP contribution in [0.15, 0.2) is 0 Å². The molecule has 1 aliphatic rings. The van der Waals surface area contributed by atoms with Crippen molar-refractivity contribution in [3.05, 3.63) is 0 Å². The minimum Gasteiger partial charge on any atom is -0.411 e. The normalized spacial score (nSPS) is 23.3. The van der Waals surface area contributed by atoms with Crippen molar-refractivity contribution in [1.29, 1.82) is 0 Å². The van der Waals surface area contributed by atoms with Gasteiger partial charge in [0.05, 0.1) is 12.1 Å². The van der Waals surface area contributed by atoms with E-state index in [2.05, 4.69) is 60.0 Å². The molecule has 0 aromatic rings. The highest BCUT2D eigenvalue weighted by Crippen LogP contribution is 2.41. The van der Waals surface area contributed by atoms with E-state index >= 15 is 0 Å². The Hall–Kier alpha value is -0.353. The first-order valence-corrected chi connectivity index (χ1v) is 9.72. The first-order valence-electron chi connectivity index (χ1n) is 6.82. The minimum atomic E-state index is -1.80. The Kier molecular flexibility index (Phi) is 4.05. The predicted octanol–water partition coefficient (Wildman–Crippen LogP) is 3.31. The maximum Gasteiger partial charge on any atom is 0.222 e. The fourth-order valence-electron chi connectivity index (χ4n) is 1.92. The number of rotatable bonds is 3. The zero-order chi connectivity index (χ0) is 14.4. The monoisotopic (exact) mass is 271 g/mol. The van der Waals surface area contributed by atoms with E-state index in [-0.39, 0.29) is 28.5 Å². The average molecular weight is 271 g/mol. The van der Waals surface area contributed by atoms with Crippen molar-refractivity contribution >= 4 is 14.2 Å². The van der Waals surface area contributed by atoms with Crippen molar-refractivity contribution in [1.82, 2.24) is 5.32 Å². The second kappa shape index (κ2) is 4.64. The van der Waals surface area contributed by atoms with Gasteiger partial charge < -0.3 is 9.74 Å². The first-order chi connectivity index (χ1) is 7.84. The zero-order valence-corrected chi connectivity index (χ0v) is 14.2. The molecule has 1 fully saturated rings. The lowest BCUT2D eigenvalue weighted by atomic mass is 9.81. The Bertz CT molecular complexity index is 318. The summed E-state index contributed by atoms with van der Waals surface area (Å²) in [6.45, 7) is 17.9. The number of hydrogen-bond acceptors (Lipinski definition) is 2. The second-order valence-corrected chi connectivity index (χ2v) is 12.8. The summed E-state index contributed by atoms with van der Waals surface area (Å²) in [4.78, 5) is 11.1. The summed E-state index contributed by atoms with van der Waals surface area (Å²) in [5.41, 5.74) is 0.0495. The van der Waals surface area contributed by atoms with Gasteiger partial charge in [0.2, 0.25) is 5.91 Å². The number of nitrogens with one attached hydrogen (secondary N) is 1. The Balaban J connectivity index is 2.83. The highest BCUT2D eigenvalue weighted by atomic mass is 28.4. The van der Waals surface area contributed by atoms with E-state index in [0.29, 0.717) is 6.42 Å².